The van der Waals surface area contributed by atoms with Gasteiger partial charge in [-0.1, -0.05) is 105 Å². The van der Waals surface area contributed by atoms with Gasteiger partial charge in [-0.25, -0.2) is 4.79 Å². The second-order valence-corrected chi connectivity index (χ2v) is 21.9. The third kappa shape index (κ3) is 12.1. The second kappa shape index (κ2) is 23.5. The number of nitrogens with zero attached hydrogens (tertiary/aromatic N) is 2. The summed E-state index contributed by atoms with van der Waals surface area (Å²) in [6, 6.07) is 13.5. The lowest BCUT2D eigenvalue weighted by Crippen LogP contribution is -2.52. The van der Waals surface area contributed by atoms with E-state index in [2.05, 4.69) is 63.4 Å². The van der Waals surface area contributed by atoms with E-state index in [0.29, 0.717) is 0 Å². The molecular weight excluding hydrogens is 849 g/mol. The Bertz CT molecular complexity index is 2220. The van der Waals surface area contributed by atoms with Gasteiger partial charge in [0.05, 0.1) is 0 Å². The fourth-order valence-electron chi connectivity index (χ4n) is 8.10. The van der Waals surface area contributed by atoms with E-state index >= 15 is 0 Å². The molecule has 0 spiro atoms. The number of imide groups is 2. The molecule has 5 aromatic heterocycles. The number of hydrogen-bond donors (Lipinski definition) is 0. The van der Waals surface area contributed by atoms with Crippen molar-refractivity contribution >= 4 is 80.6 Å². The Morgan fingerprint density at radius 1 is 0.475 bits per heavy atom. The quantitative estimate of drug-likeness (QED) is 0.0333. The standard InChI is InChI=1S/C51H66N2O3S5/c1-7-11-15-19-23-35-29-43(57-34-35)46-37(25-21-17-13-9-3)31-45(60-46)48-38(26-22-18-14-10-4)32-44(61-48)47-36(24-20-16-12-8-2)30-42(59-47)41-28-27-39(58-41)33-40-49(54)52(5)51(56)53(6)50(40)55/h27-34H,7-26H2,1-6H3. The molecule has 1 fully saturated rings. The van der Waals surface area contributed by atoms with Gasteiger partial charge >= 0.3 is 6.03 Å². The van der Waals surface area contributed by atoms with E-state index in [4.69, 9.17) is 0 Å². The summed E-state index contributed by atoms with van der Waals surface area (Å²) in [5.41, 5.74) is 5.96. The van der Waals surface area contributed by atoms with Crippen molar-refractivity contribution in [2.24, 2.45) is 0 Å². The first-order chi connectivity index (χ1) is 29.7. The summed E-state index contributed by atoms with van der Waals surface area (Å²) in [5.74, 6) is -1.12. The van der Waals surface area contributed by atoms with Gasteiger partial charge in [-0.15, -0.1) is 56.7 Å². The molecule has 10 heteroatoms. The molecule has 4 amide bonds. The predicted octanol–water partition coefficient (Wildman–Crippen LogP) is 16.6. The van der Waals surface area contributed by atoms with Crippen molar-refractivity contribution in [3.63, 3.8) is 0 Å². The van der Waals surface area contributed by atoms with Crippen molar-refractivity contribution < 1.29 is 14.4 Å². The molecule has 0 unspecified atom stereocenters. The maximum atomic E-state index is 13.0. The SMILES string of the molecule is CCCCCCc1csc(-c2sc(-c3sc(-c4sc(-c5ccc(C=C6C(=O)N(C)C(=O)N(C)C6=O)s5)cc4CCCCCC)cc3CCCCCC)cc2CCCCCC)c1. The number of rotatable bonds is 25. The molecule has 5 aromatic rings. The molecule has 61 heavy (non-hydrogen) atoms. The van der Waals surface area contributed by atoms with Crippen LogP contribution in [-0.2, 0) is 35.3 Å². The van der Waals surface area contributed by atoms with Crippen LogP contribution in [0, 0.1) is 0 Å². The molecule has 0 aromatic carbocycles. The maximum absolute atomic E-state index is 13.0. The third-order valence-corrected chi connectivity index (χ3v) is 18.0. The average molecular weight is 915 g/mol. The summed E-state index contributed by atoms with van der Waals surface area (Å²) in [4.78, 5) is 52.0. The van der Waals surface area contributed by atoms with Crippen LogP contribution in [0.4, 0.5) is 4.79 Å². The largest absolute Gasteiger partial charge is 0.333 e. The summed E-state index contributed by atoms with van der Waals surface area (Å²) < 4.78 is 0. The van der Waals surface area contributed by atoms with Crippen LogP contribution in [0.2, 0.25) is 0 Å². The normalized spacial score (nSPS) is 13.4. The van der Waals surface area contributed by atoms with E-state index < -0.39 is 17.8 Å². The first-order valence-corrected chi connectivity index (χ1v) is 27.2. The lowest BCUT2D eigenvalue weighted by Gasteiger charge is -2.28. The Morgan fingerprint density at radius 2 is 0.918 bits per heavy atom. The Hall–Kier alpha value is -3.15. The van der Waals surface area contributed by atoms with Crippen LogP contribution < -0.4 is 0 Å². The molecule has 5 nitrogen and oxygen atoms in total. The van der Waals surface area contributed by atoms with Crippen molar-refractivity contribution in [1.29, 1.82) is 0 Å². The molecule has 6 rings (SSSR count). The molecule has 0 atom stereocenters. The average Bonchev–Trinajstić information content (AvgIpc) is 4.12. The smallest absolute Gasteiger partial charge is 0.268 e. The molecule has 0 aliphatic carbocycles. The van der Waals surface area contributed by atoms with E-state index in [9.17, 15) is 14.4 Å². The Labute approximate surface area is 385 Å². The van der Waals surface area contributed by atoms with Crippen LogP contribution >= 0.6 is 56.7 Å². The fourth-order valence-corrected chi connectivity index (χ4v) is 14.1. The number of carbonyl (C=O) groups is 3. The molecule has 0 bridgehead atoms. The zero-order valence-corrected chi connectivity index (χ0v) is 41.5. The highest BCUT2D eigenvalue weighted by Gasteiger charge is 2.38. The van der Waals surface area contributed by atoms with Crippen LogP contribution in [0.15, 0.2) is 47.4 Å². The van der Waals surface area contributed by atoms with Gasteiger partial charge in [0.2, 0.25) is 0 Å². The topological polar surface area (TPSA) is 57.7 Å². The highest BCUT2D eigenvalue weighted by atomic mass is 32.1. The number of amides is 4. The van der Waals surface area contributed by atoms with Crippen LogP contribution in [0.3, 0.4) is 0 Å². The van der Waals surface area contributed by atoms with Crippen molar-refractivity contribution in [2.45, 2.75) is 156 Å². The highest BCUT2D eigenvalue weighted by Crippen LogP contribution is 2.50. The zero-order valence-electron chi connectivity index (χ0n) is 37.4. The molecule has 1 saturated heterocycles. The summed E-state index contributed by atoms with van der Waals surface area (Å²) >= 11 is 9.45. The van der Waals surface area contributed by atoms with Gasteiger partial charge in [0.15, 0.2) is 0 Å². The molecule has 0 N–H and O–H groups in total. The molecule has 1 aliphatic rings. The number of hydrogen-bond acceptors (Lipinski definition) is 8. The number of barbiturate groups is 1. The van der Waals surface area contributed by atoms with Crippen molar-refractivity contribution in [3.8, 4) is 39.0 Å². The molecule has 6 heterocycles. The van der Waals surface area contributed by atoms with E-state index in [1.165, 1.54) is 180 Å². The van der Waals surface area contributed by atoms with E-state index in [1.807, 2.05) is 51.4 Å². The highest BCUT2D eigenvalue weighted by molar-refractivity contribution is 7.30. The molecule has 0 saturated carbocycles. The van der Waals surface area contributed by atoms with Gasteiger partial charge < -0.3 is 0 Å². The van der Waals surface area contributed by atoms with Crippen molar-refractivity contribution in [1.82, 2.24) is 9.80 Å². The summed E-state index contributed by atoms with van der Waals surface area (Å²) in [6.07, 6.45) is 26.3. The van der Waals surface area contributed by atoms with Gasteiger partial charge in [-0.05, 0) is 121 Å². The van der Waals surface area contributed by atoms with E-state index in [0.717, 1.165) is 38.8 Å². The van der Waals surface area contributed by atoms with Crippen LogP contribution in [-0.4, -0.2) is 41.7 Å². The van der Waals surface area contributed by atoms with Crippen molar-refractivity contribution in [2.75, 3.05) is 14.1 Å². The van der Waals surface area contributed by atoms with Crippen LogP contribution in [0.5, 0.6) is 0 Å². The van der Waals surface area contributed by atoms with Crippen LogP contribution in [0.1, 0.15) is 158 Å². The van der Waals surface area contributed by atoms with Crippen molar-refractivity contribution in [3.05, 3.63) is 74.5 Å². The monoisotopic (exact) mass is 914 g/mol. The number of likely N-dealkylation sites (N-methyl/N-ethyl adjacent to an activating group) is 2. The van der Waals surface area contributed by atoms with Gasteiger partial charge in [0.25, 0.3) is 11.8 Å². The Morgan fingerprint density at radius 3 is 1.41 bits per heavy atom. The maximum Gasteiger partial charge on any atom is 0.333 e. The third-order valence-electron chi connectivity index (χ3n) is 11.8. The molecule has 1 aliphatic heterocycles. The number of unbranched alkanes of at least 4 members (excludes halogenated alkanes) is 12. The Balaban J connectivity index is 1.37. The molecular formula is C51H66N2O3S5. The van der Waals surface area contributed by atoms with Gasteiger partial charge in [-0.2, -0.15) is 0 Å². The van der Waals surface area contributed by atoms with Gasteiger partial charge in [0.1, 0.15) is 5.57 Å². The minimum Gasteiger partial charge on any atom is -0.268 e. The fraction of sp³-hybridized carbons (Fsp3) is 0.510. The van der Waals surface area contributed by atoms with E-state index in [-0.39, 0.29) is 5.57 Å². The first kappa shape index (κ1) is 47.3. The zero-order chi connectivity index (χ0) is 43.3. The second-order valence-electron chi connectivity index (χ2n) is 16.7. The predicted molar refractivity (Wildman–Crippen MR) is 268 cm³/mol. The minimum atomic E-state index is -0.607. The Kier molecular flexibility index (Phi) is 18.2. The lowest BCUT2D eigenvalue weighted by molar-refractivity contribution is -0.134. The summed E-state index contributed by atoms with van der Waals surface area (Å²) in [7, 11) is 2.84. The number of aryl methyl sites for hydroxylation is 4. The van der Waals surface area contributed by atoms with Gasteiger partial charge in [-0.3, -0.25) is 19.4 Å². The van der Waals surface area contributed by atoms with Gasteiger partial charge in [0, 0.05) is 58.0 Å². The lowest BCUT2D eigenvalue weighted by atomic mass is 10.0. The summed E-state index contributed by atoms with van der Waals surface area (Å²) in [5, 5.41) is 2.42. The molecule has 328 valence electrons. The number of thiophene rings is 5. The molecule has 0 radical (unpaired) electrons. The number of carbonyl (C=O) groups excluding carboxylic acids is 3. The summed E-state index contributed by atoms with van der Waals surface area (Å²) in [6.45, 7) is 9.15. The minimum absolute atomic E-state index is 0.0156. The number of urea groups is 1. The first-order valence-electron chi connectivity index (χ1n) is 23.1. The van der Waals surface area contributed by atoms with E-state index in [1.54, 1.807) is 17.4 Å². The van der Waals surface area contributed by atoms with Crippen LogP contribution in [0.25, 0.3) is 45.1 Å².